The lowest BCUT2D eigenvalue weighted by molar-refractivity contribution is -0.119. The summed E-state index contributed by atoms with van der Waals surface area (Å²) in [7, 11) is 0. The summed E-state index contributed by atoms with van der Waals surface area (Å²) in [6.45, 7) is -0.999. The Morgan fingerprint density at radius 2 is 1.56 bits per heavy atom. The molecule has 2 N–H and O–H groups in total. The smallest absolute Gasteiger partial charge is 0.342 e. The van der Waals surface area contributed by atoms with E-state index < -0.39 is 36.8 Å². The summed E-state index contributed by atoms with van der Waals surface area (Å²) in [5.74, 6) is -2.48. The molecule has 0 radical (unpaired) electrons. The van der Waals surface area contributed by atoms with Crippen molar-refractivity contribution in [2.75, 3.05) is 23.8 Å². The fraction of sp³-hybridized carbons (Fsp3) is 0.0870. The van der Waals surface area contributed by atoms with E-state index in [1.165, 1.54) is 30.3 Å². The zero-order chi connectivity index (χ0) is 22.9. The number of para-hydroxylation sites is 2. The number of carbonyl (C=O) groups is 3. The number of carbonyl (C=O) groups excluding carboxylic acids is 3. The van der Waals surface area contributed by atoms with Crippen LogP contribution in [-0.4, -0.2) is 31.0 Å². The van der Waals surface area contributed by atoms with E-state index in [-0.39, 0.29) is 17.0 Å². The molecule has 7 nitrogen and oxygen atoms in total. The van der Waals surface area contributed by atoms with Crippen molar-refractivity contribution in [3.63, 3.8) is 0 Å². The maximum atomic E-state index is 13.6. The van der Waals surface area contributed by atoms with E-state index in [9.17, 15) is 18.8 Å². The zero-order valence-corrected chi connectivity index (χ0v) is 17.4. The van der Waals surface area contributed by atoms with Gasteiger partial charge in [-0.3, -0.25) is 9.59 Å². The van der Waals surface area contributed by atoms with Crippen LogP contribution in [0.25, 0.3) is 0 Å². The van der Waals surface area contributed by atoms with Gasteiger partial charge < -0.3 is 20.1 Å². The fourth-order valence-corrected chi connectivity index (χ4v) is 2.82. The Hall–Kier alpha value is -3.91. The second-order valence-electron chi connectivity index (χ2n) is 6.45. The monoisotopic (exact) mass is 456 g/mol. The third kappa shape index (κ3) is 6.55. The van der Waals surface area contributed by atoms with Crippen LogP contribution >= 0.6 is 11.6 Å². The van der Waals surface area contributed by atoms with E-state index in [4.69, 9.17) is 21.1 Å². The predicted molar refractivity (Wildman–Crippen MR) is 117 cm³/mol. The lowest BCUT2D eigenvalue weighted by Gasteiger charge is -2.12. The number of hydrogen-bond donors (Lipinski definition) is 2. The summed E-state index contributed by atoms with van der Waals surface area (Å²) in [6, 6.07) is 18.3. The molecule has 0 bridgehead atoms. The van der Waals surface area contributed by atoms with E-state index >= 15 is 0 Å². The fourth-order valence-electron chi connectivity index (χ4n) is 2.63. The Bertz CT molecular complexity index is 1140. The van der Waals surface area contributed by atoms with Gasteiger partial charge in [0.25, 0.3) is 11.8 Å². The highest BCUT2D eigenvalue weighted by molar-refractivity contribution is 6.30. The summed E-state index contributed by atoms with van der Waals surface area (Å²) < 4.78 is 24.1. The molecule has 0 aromatic heterocycles. The van der Waals surface area contributed by atoms with E-state index in [0.717, 1.165) is 0 Å². The summed E-state index contributed by atoms with van der Waals surface area (Å²) in [4.78, 5) is 36.5. The third-order valence-electron chi connectivity index (χ3n) is 4.06. The van der Waals surface area contributed by atoms with Gasteiger partial charge in [-0.25, -0.2) is 9.18 Å². The second kappa shape index (κ2) is 10.9. The van der Waals surface area contributed by atoms with Gasteiger partial charge in [0, 0.05) is 10.7 Å². The second-order valence-corrected chi connectivity index (χ2v) is 6.88. The largest absolute Gasteiger partial charge is 0.483 e. The van der Waals surface area contributed by atoms with Crippen molar-refractivity contribution < 1.29 is 28.2 Å². The van der Waals surface area contributed by atoms with Gasteiger partial charge in [-0.15, -0.1) is 0 Å². The first-order chi connectivity index (χ1) is 15.4. The molecular formula is C23H18ClFN2O5. The van der Waals surface area contributed by atoms with Crippen molar-refractivity contribution >= 4 is 40.8 Å². The van der Waals surface area contributed by atoms with Gasteiger partial charge in [0.2, 0.25) is 0 Å². The zero-order valence-electron chi connectivity index (χ0n) is 16.6. The molecule has 0 aliphatic carbocycles. The first-order valence-electron chi connectivity index (χ1n) is 9.41. The van der Waals surface area contributed by atoms with Crippen LogP contribution in [-0.2, 0) is 14.3 Å². The molecule has 0 aliphatic heterocycles. The van der Waals surface area contributed by atoms with Gasteiger partial charge >= 0.3 is 5.97 Å². The van der Waals surface area contributed by atoms with E-state index in [1.807, 2.05) is 0 Å². The van der Waals surface area contributed by atoms with Crippen LogP contribution in [0.1, 0.15) is 10.4 Å². The molecule has 0 heterocycles. The van der Waals surface area contributed by atoms with Crippen molar-refractivity contribution in [3.05, 3.63) is 89.2 Å². The van der Waals surface area contributed by atoms with E-state index in [0.29, 0.717) is 10.7 Å². The van der Waals surface area contributed by atoms with Crippen LogP contribution in [0.5, 0.6) is 5.75 Å². The molecule has 32 heavy (non-hydrogen) atoms. The van der Waals surface area contributed by atoms with Crippen LogP contribution < -0.4 is 15.4 Å². The molecule has 3 aromatic rings. The van der Waals surface area contributed by atoms with E-state index in [2.05, 4.69) is 10.6 Å². The number of anilines is 2. The number of benzene rings is 3. The maximum Gasteiger partial charge on any atom is 0.342 e. The number of nitrogens with one attached hydrogen (secondary N) is 2. The molecule has 3 aromatic carbocycles. The topological polar surface area (TPSA) is 93.7 Å². The molecule has 164 valence electrons. The van der Waals surface area contributed by atoms with Crippen molar-refractivity contribution in [1.82, 2.24) is 0 Å². The normalized spacial score (nSPS) is 10.2. The standard InChI is InChI=1S/C23H18ClFN2O5/c24-15-6-5-7-16(12-15)26-21(28)14-32-23(30)17-8-1-4-11-20(17)31-13-22(29)27-19-10-3-2-9-18(19)25/h1-12H,13-14H2,(H,26,28)(H,27,29). The summed E-state index contributed by atoms with van der Waals surface area (Å²) in [6.07, 6.45) is 0. The van der Waals surface area contributed by atoms with E-state index in [1.54, 1.807) is 42.5 Å². The van der Waals surface area contributed by atoms with Crippen molar-refractivity contribution in [3.8, 4) is 5.75 Å². The van der Waals surface area contributed by atoms with Crippen molar-refractivity contribution in [2.45, 2.75) is 0 Å². The quantitative estimate of drug-likeness (QED) is 0.493. The number of rotatable bonds is 8. The minimum Gasteiger partial charge on any atom is -0.483 e. The average molecular weight is 457 g/mol. The minimum absolute atomic E-state index is 0.0134. The lowest BCUT2D eigenvalue weighted by atomic mass is 10.2. The van der Waals surface area contributed by atoms with Crippen LogP contribution in [0, 0.1) is 5.82 Å². The Morgan fingerprint density at radius 1 is 0.844 bits per heavy atom. The first kappa shape index (κ1) is 22.8. The van der Waals surface area contributed by atoms with Gasteiger partial charge in [-0.05, 0) is 42.5 Å². The molecule has 3 rings (SSSR count). The van der Waals surface area contributed by atoms with Gasteiger partial charge in [0.1, 0.15) is 17.1 Å². The van der Waals surface area contributed by atoms with Crippen LogP contribution in [0.3, 0.4) is 0 Å². The number of halogens is 2. The predicted octanol–water partition coefficient (Wildman–Crippen LogP) is 4.29. The van der Waals surface area contributed by atoms with Crippen molar-refractivity contribution in [2.24, 2.45) is 0 Å². The molecular weight excluding hydrogens is 439 g/mol. The Morgan fingerprint density at radius 3 is 2.34 bits per heavy atom. The number of hydrogen-bond acceptors (Lipinski definition) is 5. The highest BCUT2D eigenvalue weighted by atomic mass is 35.5. The Balaban J connectivity index is 1.54. The Labute approximate surface area is 188 Å². The summed E-state index contributed by atoms with van der Waals surface area (Å²) in [5.41, 5.74) is 0.504. The van der Waals surface area contributed by atoms with Crippen LogP contribution in [0.4, 0.5) is 15.8 Å². The minimum atomic E-state index is -0.809. The molecule has 0 saturated carbocycles. The molecule has 0 aliphatic rings. The van der Waals surface area contributed by atoms with Crippen molar-refractivity contribution in [1.29, 1.82) is 0 Å². The highest BCUT2D eigenvalue weighted by Gasteiger charge is 2.17. The third-order valence-corrected chi connectivity index (χ3v) is 4.29. The van der Waals surface area contributed by atoms with Gasteiger partial charge in [-0.1, -0.05) is 41.9 Å². The molecule has 0 spiro atoms. The SMILES string of the molecule is O=C(COC(=O)c1ccccc1OCC(=O)Nc1ccccc1F)Nc1cccc(Cl)c1. The molecule has 0 unspecified atom stereocenters. The molecule has 9 heteroatoms. The molecule has 0 saturated heterocycles. The average Bonchev–Trinajstić information content (AvgIpc) is 2.78. The van der Waals surface area contributed by atoms with Gasteiger partial charge in [-0.2, -0.15) is 0 Å². The summed E-state index contributed by atoms with van der Waals surface area (Å²) >= 11 is 5.86. The van der Waals surface area contributed by atoms with Gasteiger partial charge in [0.05, 0.1) is 5.69 Å². The molecule has 2 amide bonds. The Kier molecular flexibility index (Phi) is 7.77. The first-order valence-corrected chi connectivity index (χ1v) is 9.79. The molecule has 0 fully saturated rings. The van der Waals surface area contributed by atoms with Crippen LogP contribution in [0.2, 0.25) is 5.02 Å². The number of amides is 2. The summed E-state index contributed by atoms with van der Waals surface area (Å²) in [5, 5.41) is 5.38. The van der Waals surface area contributed by atoms with Gasteiger partial charge in [0.15, 0.2) is 13.2 Å². The number of esters is 1. The number of ether oxygens (including phenoxy) is 2. The highest BCUT2D eigenvalue weighted by Crippen LogP contribution is 2.20. The lowest BCUT2D eigenvalue weighted by Crippen LogP contribution is -2.23. The van der Waals surface area contributed by atoms with Crippen LogP contribution in [0.15, 0.2) is 72.8 Å². The maximum absolute atomic E-state index is 13.6. The molecule has 0 atom stereocenters.